The van der Waals surface area contributed by atoms with E-state index in [0.29, 0.717) is 12.8 Å². The van der Waals surface area contributed by atoms with Gasteiger partial charge >= 0.3 is 5.97 Å². The predicted octanol–water partition coefficient (Wildman–Crippen LogP) is 5.27. The number of aliphatic hydroxyl groups is 2. The zero-order chi connectivity index (χ0) is 21.2. The number of alkyl halides is 1. The van der Waals surface area contributed by atoms with Crippen molar-refractivity contribution in [2.24, 2.45) is 5.92 Å². The molecule has 0 radical (unpaired) electrons. The molecule has 1 aromatic rings. The van der Waals surface area contributed by atoms with E-state index in [0.717, 1.165) is 49.7 Å². The van der Waals surface area contributed by atoms with E-state index in [-0.39, 0.29) is 23.2 Å². The minimum atomic E-state index is -0.453. The molecule has 0 aromatic heterocycles. The first-order chi connectivity index (χ1) is 14.0. The fourth-order valence-corrected chi connectivity index (χ4v) is 4.61. The number of aliphatic hydroxyl groups excluding tert-OH is 2. The van der Waals surface area contributed by atoms with Gasteiger partial charge in [-0.3, -0.25) is 4.79 Å². The molecule has 0 spiro atoms. The van der Waals surface area contributed by atoms with E-state index in [1.54, 1.807) is 0 Å². The first-order valence-corrected chi connectivity index (χ1v) is 11.2. The van der Waals surface area contributed by atoms with Crippen molar-refractivity contribution >= 4 is 17.6 Å². The highest BCUT2D eigenvalue weighted by molar-refractivity contribution is 6.21. The Bertz CT molecular complexity index is 643. The third kappa shape index (κ3) is 7.13. The lowest BCUT2D eigenvalue weighted by atomic mass is 9.84. The van der Waals surface area contributed by atoms with Crippen LogP contribution < -0.4 is 0 Å². The molecule has 162 valence electrons. The van der Waals surface area contributed by atoms with Crippen LogP contribution in [0.5, 0.6) is 0 Å². The van der Waals surface area contributed by atoms with Crippen LogP contribution in [0.4, 0.5) is 0 Å². The second-order valence-electron chi connectivity index (χ2n) is 8.01. The molecule has 1 aliphatic rings. The van der Waals surface area contributed by atoms with E-state index in [1.807, 2.05) is 24.3 Å². The normalized spacial score (nSPS) is 25.4. The van der Waals surface area contributed by atoms with E-state index in [9.17, 15) is 15.0 Å². The monoisotopic (exact) mass is 422 g/mol. The number of unbranched alkanes of at least 4 members (excludes halogenated alkanes) is 2. The summed E-state index contributed by atoms with van der Waals surface area (Å²) in [6, 6.07) is 8.01. The molecule has 0 bridgehead atoms. The van der Waals surface area contributed by atoms with Crippen LogP contribution in [0, 0.1) is 5.92 Å². The Morgan fingerprint density at radius 1 is 1.28 bits per heavy atom. The number of halogens is 1. The fourth-order valence-electron chi connectivity index (χ4n) is 4.17. The van der Waals surface area contributed by atoms with Crippen molar-refractivity contribution in [2.75, 3.05) is 7.11 Å². The molecule has 4 nitrogen and oxygen atoms in total. The van der Waals surface area contributed by atoms with Crippen LogP contribution >= 0.6 is 11.6 Å². The number of carbonyl (C=O) groups is 1. The summed E-state index contributed by atoms with van der Waals surface area (Å²) in [4.78, 5) is 11.1. The second kappa shape index (κ2) is 12.4. The van der Waals surface area contributed by atoms with Gasteiger partial charge in [-0.15, -0.1) is 11.6 Å². The third-order valence-electron chi connectivity index (χ3n) is 5.90. The predicted molar refractivity (Wildman–Crippen MR) is 117 cm³/mol. The zero-order valence-corrected chi connectivity index (χ0v) is 18.4. The molecule has 5 heteroatoms. The molecular weight excluding hydrogens is 388 g/mol. The Balaban J connectivity index is 1.95. The van der Waals surface area contributed by atoms with E-state index >= 15 is 0 Å². The summed E-state index contributed by atoms with van der Waals surface area (Å²) < 4.78 is 4.65. The number of ether oxygens (including phenoxy) is 1. The molecule has 1 unspecified atom stereocenters. The van der Waals surface area contributed by atoms with Gasteiger partial charge in [0, 0.05) is 17.7 Å². The van der Waals surface area contributed by atoms with E-state index in [2.05, 4.69) is 23.8 Å². The first-order valence-electron chi connectivity index (χ1n) is 10.8. The number of hydrogen-bond acceptors (Lipinski definition) is 4. The van der Waals surface area contributed by atoms with Gasteiger partial charge in [-0.25, -0.2) is 0 Å². The van der Waals surface area contributed by atoms with Crippen LogP contribution in [-0.4, -0.2) is 34.8 Å². The van der Waals surface area contributed by atoms with Crippen molar-refractivity contribution in [1.29, 1.82) is 0 Å². The average Bonchev–Trinajstić information content (AvgIpc) is 3.01. The minimum absolute atomic E-state index is 0.000876. The lowest BCUT2D eigenvalue weighted by molar-refractivity contribution is -0.140. The molecule has 0 aliphatic heterocycles. The summed E-state index contributed by atoms with van der Waals surface area (Å²) in [7, 11) is 1.41. The van der Waals surface area contributed by atoms with Crippen LogP contribution in [0.15, 0.2) is 36.4 Å². The summed E-state index contributed by atoms with van der Waals surface area (Å²) in [6.45, 7) is 2.12. The highest BCUT2D eigenvalue weighted by atomic mass is 35.5. The van der Waals surface area contributed by atoms with Crippen LogP contribution in [-0.2, 0) is 9.53 Å². The van der Waals surface area contributed by atoms with Crippen molar-refractivity contribution in [3.8, 4) is 0 Å². The molecule has 1 aromatic carbocycles. The van der Waals surface area contributed by atoms with Gasteiger partial charge in [0.05, 0.1) is 19.3 Å². The van der Waals surface area contributed by atoms with Crippen LogP contribution in [0.3, 0.4) is 0 Å². The van der Waals surface area contributed by atoms with Crippen molar-refractivity contribution < 1.29 is 19.7 Å². The Morgan fingerprint density at radius 2 is 2.00 bits per heavy atom. The average molecular weight is 423 g/mol. The van der Waals surface area contributed by atoms with Crippen LogP contribution in [0.25, 0.3) is 0 Å². The number of methoxy groups -OCH3 is 1. The molecule has 1 fully saturated rings. The number of carbonyl (C=O) groups excluding carboxylic acids is 1. The largest absolute Gasteiger partial charge is 0.469 e. The lowest BCUT2D eigenvalue weighted by Gasteiger charge is -2.23. The molecule has 29 heavy (non-hydrogen) atoms. The standard InChI is InChI=1S/C24H35ClO4/c1-3-4-10-21(26)17-12-14-18(15-13-17)24-19(20(25)16-22(24)27)9-7-5-6-8-11-23(28)29-2/h5,7,12-15,19-22,24,26-27H,3-4,6,8-11,16H2,1-2H3/b7-5-/t19-,20+,21?,22+,24+/m0/s1. The fraction of sp³-hybridized carbons (Fsp3) is 0.625. The van der Waals surface area contributed by atoms with Gasteiger partial charge < -0.3 is 14.9 Å². The smallest absolute Gasteiger partial charge is 0.305 e. The molecular formula is C24H35ClO4. The van der Waals surface area contributed by atoms with Gasteiger partial charge in [0.15, 0.2) is 0 Å². The number of benzene rings is 1. The van der Waals surface area contributed by atoms with E-state index in [4.69, 9.17) is 11.6 Å². The lowest BCUT2D eigenvalue weighted by Crippen LogP contribution is -2.18. The van der Waals surface area contributed by atoms with Crippen molar-refractivity contribution in [1.82, 2.24) is 0 Å². The maximum Gasteiger partial charge on any atom is 0.305 e. The molecule has 5 atom stereocenters. The van der Waals surface area contributed by atoms with Gasteiger partial charge in [0.1, 0.15) is 0 Å². The van der Waals surface area contributed by atoms with Crippen molar-refractivity contribution in [2.45, 2.75) is 81.8 Å². The highest BCUT2D eigenvalue weighted by Gasteiger charge is 2.41. The van der Waals surface area contributed by atoms with E-state index < -0.39 is 12.2 Å². The summed E-state index contributed by atoms with van der Waals surface area (Å²) in [5.74, 6) is -0.0140. The summed E-state index contributed by atoms with van der Waals surface area (Å²) in [6.07, 6.45) is 9.58. The minimum Gasteiger partial charge on any atom is -0.469 e. The molecule has 1 aliphatic carbocycles. The zero-order valence-electron chi connectivity index (χ0n) is 17.6. The van der Waals surface area contributed by atoms with Crippen molar-refractivity contribution in [3.05, 3.63) is 47.5 Å². The third-order valence-corrected chi connectivity index (χ3v) is 6.40. The number of hydrogen-bond donors (Lipinski definition) is 2. The summed E-state index contributed by atoms with van der Waals surface area (Å²) in [5.41, 5.74) is 2.01. The topological polar surface area (TPSA) is 66.8 Å². The van der Waals surface area contributed by atoms with Gasteiger partial charge in [0.2, 0.25) is 0 Å². The summed E-state index contributed by atoms with van der Waals surface area (Å²) >= 11 is 6.56. The first kappa shape index (κ1) is 23.9. The summed E-state index contributed by atoms with van der Waals surface area (Å²) in [5, 5.41) is 20.8. The Labute approximate surface area is 179 Å². The molecule has 0 amide bonds. The molecule has 0 heterocycles. The van der Waals surface area contributed by atoms with Crippen molar-refractivity contribution in [3.63, 3.8) is 0 Å². The number of rotatable bonds is 11. The second-order valence-corrected chi connectivity index (χ2v) is 8.57. The van der Waals surface area contributed by atoms with Crippen LogP contribution in [0.2, 0.25) is 0 Å². The Morgan fingerprint density at radius 3 is 2.66 bits per heavy atom. The molecule has 1 saturated carbocycles. The van der Waals surface area contributed by atoms with Gasteiger partial charge in [-0.1, -0.05) is 56.2 Å². The Hall–Kier alpha value is -1.36. The number of esters is 1. The van der Waals surface area contributed by atoms with Gasteiger partial charge in [0.25, 0.3) is 0 Å². The molecule has 0 saturated heterocycles. The maximum atomic E-state index is 11.1. The maximum absolute atomic E-state index is 11.1. The Kier molecular flexibility index (Phi) is 10.2. The number of allylic oxidation sites excluding steroid dienone is 2. The molecule has 2 N–H and O–H groups in total. The van der Waals surface area contributed by atoms with Crippen LogP contribution in [0.1, 0.15) is 81.4 Å². The highest BCUT2D eigenvalue weighted by Crippen LogP contribution is 2.45. The van der Waals surface area contributed by atoms with E-state index in [1.165, 1.54) is 7.11 Å². The molecule has 2 rings (SSSR count). The van der Waals surface area contributed by atoms with Gasteiger partial charge in [-0.2, -0.15) is 0 Å². The SMILES string of the molecule is CCCCC(O)c1ccc([C@@H]2[C@@H](C/C=C\CCCC(=O)OC)[C@H](Cl)C[C@H]2O)cc1. The van der Waals surface area contributed by atoms with Gasteiger partial charge in [-0.05, 0) is 49.1 Å². The quantitative estimate of drug-likeness (QED) is 0.220.